The number of benzene rings is 2. The molecule has 3 N–H and O–H groups in total. The third-order valence-electron chi connectivity index (χ3n) is 2.55. The second-order valence-electron chi connectivity index (χ2n) is 4.07. The lowest BCUT2D eigenvalue weighted by Crippen LogP contribution is -1.94. The molecule has 0 bridgehead atoms. The number of nitrogens with one attached hydrogen (secondary N) is 1. The maximum Gasteiger partial charge on any atom is 0.0415 e. The zero-order valence-corrected chi connectivity index (χ0v) is 9.62. The monoisotopic (exact) mass is 212 g/mol. The zero-order chi connectivity index (χ0) is 11.5. The van der Waals surface area contributed by atoms with Gasteiger partial charge in [-0.05, 0) is 55.3 Å². The highest BCUT2D eigenvalue weighted by Crippen LogP contribution is 2.22. The molecule has 0 atom stereocenters. The van der Waals surface area contributed by atoms with Gasteiger partial charge in [0.2, 0.25) is 0 Å². The molecule has 0 spiro atoms. The SMILES string of the molecule is Cc1cccc(Nc2ccc(N)cc2C)c1. The van der Waals surface area contributed by atoms with Crippen molar-refractivity contribution in [2.45, 2.75) is 13.8 Å². The van der Waals surface area contributed by atoms with Gasteiger partial charge in [-0.15, -0.1) is 0 Å². The smallest absolute Gasteiger partial charge is 0.0415 e. The Balaban J connectivity index is 2.27. The highest BCUT2D eigenvalue weighted by molar-refractivity contribution is 5.66. The second-order valence-corrected chi connectivity index (χ2v) is 4.07. The average molecular weight is 212 g/mol. The zero-order valence-electron chi connectivity index (χ0n) is 9.62. The summed E-state index contributed by atoms with van der Waals surface area (Å²) in [5.74, 6) is 0. The molecule has 0 saturated carbocycles. The van der Waals surface area contributed by atoms with E-state index >= 15 is 0 Å². The molecule has 0 aromatic heterocycles. The molecule has 0 heterocycles. The van der Waals surface area contributed by atoms with Crippen molar-refractivity contribution >= 4 is 17.1 Å². The Kier molecular flexibility index (Phi) is 2.82. The number of hydrogen-bond donors (Lipinski definition) is 2. The van der Waals surface area contributed by atoms with E-state index < -0.39 is 0 Å². The first-order valence-corrected chi connectivity index (χ1v) is 5.35. The van der Waals surface area contributed by atoms with Gasteiger partial charge in [-0.25, -0.2) is 0 Å². The van der Waals surface area contributed by atoms with E-state index in [1.54, 1.807) is 0 Å². The van der Waals surface area contributed by atoms with Crippen molar-refractivity contribution in [2.24, 2.45) is 0 Å². The number of rotatable bonds is 2. The van der Waals surface area contributed by atoms with Gasteiger partial charge in [-0.1, -0.05) is 12.1 Å². The van der Waals surface area contributed by atoms with Gasteiger partial charge in [0.15, 0.2) is 0 Å². The number of nitrogens with two attached hydrogens (primary N) is 1. The third kappa shape index (κ3) is 2.34. The van der Waals surface area contributed by atoms with Crippen molar-refractivity contribution in [2.75, 3.05) is 11.1 Å². The van der Waals surface area contributed by atoms with E-state index in [1.165, 1.54) is 5.56 Å². The van der Waals surface area contributed by atoms with E-state index in [1.807, 2.05) is 24.3 Å². The van der Waals surface area contributed by atoms with Crippen LogP contribution in [0.15, 0.2) is 42.5 Å². The largest absolute Gasteiger partial charge is 0.399 e. The fraction of sp³-hybridized carbons (Fsp3) is 0.143. The molecule has 2 rings (SSSR count). The predicted octanol–water partition coefficient (Wildman–Crippen LogP) is 3.63. The van der Waals surface area contributed by atoms with Gasteiger partial charge in [-0.2, -0.15) is 0 Å². The summed E-state index contributed by atoms with van der Waals surface area (Å²) in [7, 11) is 0. The highest BCUT2D eigenvalue weighted by atomic mass is 14.9. The molecule has 2 nitrogen and oxygen atoms in total. The molecule has 0 aliphatic carbocycles. The Morgan fingerprint density at radius 2 is 1.81 bits per heavy atom. The van der Waals surface area contributed by atoms with Crippen LogP contribution in [-0.4, -0.2) is 0 Å². The fourth-order valence-corrected chi connectivity index (χ4v) is 1.71. The van der Waals surface area contributed by atoms with E-state index in [0.717, 1.165) is 22.6 Å². The molecule has 0 amide bonds. The van der Waals surface area contributed by atoms with Crippen LogP contribution in [-0.2, 0) is 0 Å². The van der Waals surface area contributed by atoms with Gasteiger partial charge in [0.25, 0.3) is 0 Å². The van der Waals surface area contributed by atoms with E-state index in [4.69, 9.17) is 5.73 Å². The van der Waals surface area contributed by atoms with Crippen molar-refractivity contribution < 1.29 is 0 Å². The lowest BCUT2D eigenvalue weighted by atomic mass is 10.1. The Labute approximate surface area is 96.1 Å². The number of nitrogen functional groups attached to an aromatic ring is 1. The lowest BCUT2D eigenvalue weighted by molar-refractivity contribution is 1.41. The third-order valence-corrected chi connectivity index (χ3v) is 2.55. The van der Waals surface area contributed by atoms with Gasteiger partial charge < -0.3 is 11.1 Å². The van der Waals surface area contributed by atoms with Crippen LogP contribution in [0.3, 0.4) is 0 Å². The Bertz CT molecular complexity index is 504. The second kappa shape index (κ2) is 4.27. The molecule has 2 heteroatoms. The first-order valence-electron chi connectivity index (χ1n) is 5.35. The van der Waals surface area contributed by atoms with Crippen LogP contribution >= 0.6 is 0 Å². The van der Waals surface area contributed by atoms with Crippen LogP contribution in [0.25, 0.3) is 0 Å². The normalized spacial score (nSPS) is 10.1. The highest BCUT2D eigenvalue weighted by Gasteiger charge is 1.99. The van der Waals surface area contributed by atoms with Crippen LogP contribution in [0.2, 0.25) is 0 Å². The lowest BCUT2D eigenvalue weighted by Gasteiger charge is -2.10. The number of anilines is 3. The Morgan fingerprint density at radius 3 is 2.50 bits per heavy atom. The molecule has 0 fully saturated rings. The van der Waals surface area contributed by atoms with Crippen LogP contribution in [0.4, 0.5) is 17.1 Å². The van der Waals surface area contributed by atoms with Crippen LogP contribution in [0.5, 0.6) is 0 Å². The maximum absolute atomic E-state index is 5.72. The van der Waals surface area contributed by atoms with E-state index in [2.05, 4.69) is 37.4 Å². The molecule has 82 valence electrons. The van der Waals surface area contributed by atoms with Gasteiger partial charge in [-0.3, -0.25) is 0 Å². The summed E-state index contributed by atoms with van der Waals surface area (Å²) in [6.07, 6.45) is 0. The minimum atomic E-state index is 0.798. The van der Waals surface area contributed by atoms with Crippen molar-refractivity contribution in [3.63, 3.8) is 0 Å². The van der Waals surface area contributed by atoms with Crippen molar-refractivity contribution in [1.82, 2.24) is 0 Å². The molecule has 16 heavy (non-hydrogen) atoms. The number of hydrogen-bond acceptors (Lipinski definition) is 2. The van der Waals surface area contributed by atoms with E-state index in [-0.39, 0.29) is 0 Å². The number of aryl methyl sites for hydroxylation is 2. The summed E-state index contributed by atoms with van der Waals surface area (Å²) < 4.78 is 0. The molecule has 0 radical (unpaired) electrons. The summed E-state index contributed by atoms with van der Waals surface area (Å²) in [6.45, 7) is 4.13. The van der Waals surface area contributed by atoms with Crippen molar-refractivity contribution in [3.05, 3.63) is 53.6 Å². The van der Waals surface area contributed by atoms with Crippen LogP contribution < -0.4 is 11.1 Å². The fourth-order valence-electron chi connectivity index (χ4n) is 1.71. The minimum Gasteiger partial charge on any atom is -0.399 e. The summed E-state index contributed by atoms with van der Waals surface area (Å²) in [4.78, 5) is 0. The average Bonchev–Trinajstić information content (AvgIpc) is 2.22. The summed E-state index contributed by atoms with van der Waals surface area (Å²) >= 11 is 0. The molecule has 2 aromatic carbocycles. The standard InChI is InChI=1S/C14H16N2/c1-10-4-3-5-13(8-10)16-14-7-6-12(15)9-11(14)2/h3-9,16H,15H2,1-2H3. The molecule has 0 saturated heterocycles. The van der Waals surface area contributed by atoms with E-state index in [0.29, 0.717) is 0 Å². The molecule has 0 unspecified atom stereocenters. The summed E-state index contributed by atoms with van der Waals surface area (Å²) in [5, 5.41) is 3.38. The van der Waals surface area contributed by atoms with Crippen LogP contribution in [0.1, 0.15) is 11.1 Å². The summed E-state index contributed by atoms with van der Waals surface area (Å²) in [5.41, 5.74) is 11.1. The Hall–Kier alpha value is -1.96. The van der Waals surface area contributed by atoms with Gasteiger partial charge in [0.1, 0.15) is 0 Å². The molecular formula is C14H16N2. The Morgan fingerprint density at radius 1 is 1.00 bits per heavy atom. The molecule has 0 aliphatic rings. The van der Waals surface area contributed by atoms with Gasteiger partial charge >= 0.3 is 0 Å². The van der Waals surface area contributed by atoms with Crippen molar-refractivity contribution in [1.29, 1.82) is 0 Å². The first-order chi connectivity index (χ1) is 7.65. The maximum atomic E-state index is 5.72. The first kappa shape index (κ1) is 10.6. The van der Waals surface area contributed by atoms with Gasteiger partial charge in [0, 0.05) is 17.1 Å². The van der Waals surface area contributed by atoms with Gasteiger partial charge in [0.05, 0.1) is 0 Å². The predicted molar refractivity (Wildman–Crippen MR) is 70.1 cm³/mol. The quantitative estimate of drug-likeness (QED) is 0.746. The summed E-state index contributed by atoms with van der Waals surface area (Å²) in [6, 6.07) is 14.2. The molecule has 0 aliphatic heterocycles. The topological polar surface area (TPSA) is 38.0 Å². The minimum absolute atomic E-state index is 0.798. The van der Waals surface area contributed by atoms with Crippen molar-refractivity contribution in [3.8, 4) is 0 Å². The van der Waals surface area contributed by atoms with E-state index in [9.17, 15) is 0 Å². The van der Waals surface area contributed by atoms with Crippen LogP contribution in [0, 0.1) is 13.8 Å². The molecular weight excluding hydrogens is 196 g/mol. The molecule has 2 aromatic rings.